The van der Waals surface area contributed by atoms with Gasteiger partial charge in [0.2, 0.25) is 0 Å². The highest BCUT2D eigenvalue weighted by molar-refractivity contribution is 5.74. The summed E-state index contributed by atoms with van der Waals surface area (Å²) in [5, 5.41) is 29.6. The summed E-state index contributed by atoms with van der Waals surface area (Å²) in [6.07, 6.45) is 0. The maximum atomic E-state index is 9.10. The Labute approximate surface area is 134 Å². The molecule has 0 heterocycles. The average molecular weight is 300 g/mol. The van der Waals surface area contributed by atoms with Gasteiger partial charge in [0.25, 0.3) is 0 Å². The molecule has 0 aliphatic rings. The molecule has 5 heteroatoms. The lowest BCUT2D eigenvalue weighted by molar-refractivity contribution is 0.416. The highest BCUT2D eigenvalue weighted by Crippen LogP contribution is 2.31. The molecule has 2 aromatic carbocycles. The second-order valence-corrected chi connectivity index (χ2v) is 4.49. The van der Waals surface area contributed by atoms with Gasteiger partial charge in [-0.15, -0.1) is 0 Å². The molecule has 0 fully saturated rings. The zero-order valence-corrected chi connectivity index (χ0v) is 12.4. The number of nitrogens with one attached hydrogen (secondary N) is 1. The van der Waals surface area contributed by atoms with E-state index in [0.29, 0.717) is 5.69 Å². The third-order valence-electron chi connectivity index (χ3n) is 3.14. The number of methoxy groups -OCH3 is 1. The lowest BCUT2D eigenvalue weighted by atomic mass is 10.0. The van der Waals surface area contributed by atoms with Crippen LogP contribution in [0.15, 0.2) is 59.8 Å². The topological polar surface area (TPSA) is 92.6 Å². The normalized spacial score (nSPS) is 8.96. The Hall–Kier alpha value is -3.75. The molecular weight excluding hydrogens is 288 g/mol. The quantitative estimate of drug-likeness (QED) is 0.871. The molecule has 2 rings (SSSR count). The van der Waals surface area contributed by atoms with Crippen molar-refractivity contribution in [2.45, 2.75) is 0 Å². The van der Waals surface area contributed by atoms with E-state index in [9.17, 15) is 0 Å². The molecule has 0 saturated carbocycles. The van der Waals surface area contributed by atoms with E-state index in [1.165, 1.54) is 0 Å². The van der Waals surface area contributed by atoms with Gasteiger partial charge < -0.3 is 10.1 Å². The SMILES string of the molecule is COc1ccccc1-c1cccc(NC(C#N)=C(C#N)C#N)c1. The third-order valence-corrected chi connectivity index (χ3v) is 3.14. The molecule has 23 heavy (non-hydrogen) atoms. The highest BCUT2D eigenvalue weighted by atomic mass is 16.5. The number of para-hydroxylation sites is 1. The van der Waals surface area contributed by atoms with Gasteiger partial charge in [-0.1, -0.05) is 30.3 Å². The summed E-state index contributed by atoms with van der Waals surface area (Å²) < 4.78 is 5.35. The Morgan fingerprint density at radius 2 is 1.70 bits per heavy atom. The summed E-state index contributed by atoms with van der Waals surface area (Å²) in [5.74, 6) is 0.732. The number of allylic oxidation sites excluding steroid dienone is 2. The van der Waals surface area contributed by atoms with Crippen LogP contribution in [-0.4, -0.2) is 7.11 Å². The zero-order valence-electron chi connectivity index (χ0n) is 12.4. The average Bonchev–Trinajstić information content (AvgIpc) is 2.62. The molecule has 0 saturated heterocycles. The van der Waals surface area contributed by atoms with Gasteiger partial charge in [-0.2, -0.15) is 15.8 Å². The van der Waals surface area contributed by atoms with E-state index in [2.05, 4.69) is 5.32 Å². The van der Waals surface area contributed by atoms with Gasteiger partial charge in [-0.25, -0.2) is 0 Å². The molecule has 0 radical (unpaired) electrons. The standard InChI is InChI=1S/C18H12N4O/c1-23-18-8-3-2-7-16(18)13-5-4-6-15(9-13)22-17(12-21)14(10-19)11-20/h2-9,22H,1H3. The van der Waals surface area contributed by atoms with Crippen molar-refractivity contribution in [3.63, 3.8) is 0 Å². The summed E-state index contributed by atoms with van der Waals surface area (Å²) in [7, 11) is 1.60. The Bertz CT molecular complexity index is 863. The lowest BCUT2D eigenvalue weighted by Gasteiger charge is -2.10. The second kappa shape index (κ2) is 7.31. The van der Waals surface area contributed by atoms with Gasteiger partial charge in [-0.05, 0) is 23.8 Å². The summed E-state index contributed by atoms with van der Waals surface area (Å²) >= 11 is 0. The minimum absolute atomic E-state index is 0.0767. The minimum atomic E-state index is -0.254. The molecule has 5 nitrogen and oxygen atoms in total. The first-order valence-electron chi connectivity index (χ1n) is 6.68. The maximum Gasteiger partial charge on any atom is 0.163 e. The predicted molar refractivity (Wildman–Crippen MR) is 85.9 cm³/mol. The van der Waals surface area contributed by atoms with Crippen LogP contribution in [0.1, 0.15) is 0 Å². The number of anilines is 1. The van der Waals surface area contributed by atoms with E-state index in [1.54, 1.807) is 25.3 Å². The first-order chi connectivity index (χ1) is 11.2. The fourth-order valence-electron chi connectivity index (χ4n) is 2.08. The van der Waals surface area contributed by atoms with Crippen LogP contribution in [0.25, 0.3) is 11.1 Å². The molecule has 0 bridgehead atoms. The van der Waals surface area contributed by atoms with Gasteiger partial charge in [0.05, 0.1) is 7.11 Å². The van der Waals surface area contributed by atoms with Crippen LogP contribution in [0.5, 0.6) is 5.75 Å². The number of nitrogens with zero attached hydrogens (tertiary/aromatic N) is 3. The Balaban J connectivity index is 2.43. The summed E-state index contributed by atoms with van der Waals surface area (Å²) in [5.41, 5.74) is 2.07. The van der Waals surface area contributed by atoms with E-state index < -0.39 is 0 Å². The minimum Gasteiger partial charge on any atom is -0.496 e. The van der Waals surface area contributed by atoms with E-state index >= 15 is 0 Å². The molecular formula is C18H12N4O. The van der Waals surface area contributed by atoms with Crippen LogP contribution < -0.4 is 10.1 Å². The van der Waals surface area contributed by atoms with Crippen LogP contribution in [0, 0.1) is 34.0 Å². The van der Waals surface area contributed by atoms with Gasteiger partial charge >= 0.3 is 0 Å². The molecule has 0 atom stereocenters. The second-order valence-electron chi connectivity index (χ2n) is 4.49. The summed E-state index contributed by atoms with van der Waals surface area (Å²) in [6.45, 7) is 0. The molecule has 0 aliphatic carbocycles. The maximum absolute atomic E-state index is 9.10. The van der Waals surface area contributed by atoms with Crippen molar-refractivity contribution in [3.8, 4) is 35.1 Å². The first-order valence-corrected chi connectivity index (χ1v) is 6.68. The zero-order chi connectivity index (χ0) is 16.7. The molecule has 1 N–H and O–H groups in total. The van der Waals surface area contributed by atoms with E-state index in [1.807, 2.05) is 48.5 Å². The molecule has 0 amide bonds. The number of ether oxygens (including phenoxy) is 1. The Morgan fingerprint density at radius 3 is 2.35 bits per heavy atom. The van der Waals surface area contributed by atoms with Crippen LogP contribution in [0.4, 0.5) is 5.69 Å². The van der Waals surface area contributed by atoms with E-state index in [-0.39, 0.29) is 11.3 Å². The van der Waals surface area contributed by atoms with Crippen LogP contribution in [0.3, 0.4) is 0 Å². The highest BCUT2D eigenvalue weighted by Gasteiger charge is 2.08. The largest absolute Gasteiger partial charge is 0.496 e. The molecule has 0 spiro atoms. The number of hydrogen-bond donors (Lipinski definition) is 1. The summed E-state index contributed by atoms with van der Waals surface area (Å²) in [6, 6.07) is 20.1. The van der Waals surface area contributed by atoms with Crippen molar-refractivity contribution < 1.29 is 4.74 Å². The molecule has 0 aromatic heterocycles. The third kappa shape index (κ3) is 3.47. The van der Waals surface area contributed by atoms with Gasteiger partial charge in [-0.3, -0.25) is 0 Å². The fourth-order valence-corrected chi connectivity index (χ4v) is 2.08. The number of rotatable bonds is 4. The van der Waals surface area contributed by atoms with Crippen LogP contribution in [-0.2, 0) is 0 Å². The van der Waals surface area contributed by atoms with Crippen molar-refractivity contribution in [2.24, 2.45) is 0 Å². The number of benzene rings is 2. The van der Waals surface area contributed by atoms with Crippen LogP contribution in [0.2, 0.25) is 0 Å². The number of nitriles is 3. The van der Waals surface area contributed by atoms with Crippen molar-refractivity contribution in [3.05, 3.63) is 59.8 Å². The van der Waals surface area contributed by atoms with E-state index in [4.69, 9.17) is 20.5 Å². The number of hydrogen-bond acceptors (Lipinski definition) is 5. The molecule has 110 valence electrons. The Morgan fingerprint density at radius 1 is 0.957 bits per heavy atom. The predicted octanol–water partition coefficient (Wildman–Crippen LogP) is 3.60. The fraction of sp³-hybridized carbons (Fsp3) is 0.0556. The van der Waals surface area contributed by atoms with Crippen LogP contribution >= 0.6 is 0 Å². The van der Waals surface area contributed by atoms with Gasteiger partial charge in [0.15, 0.2) is 5.57 Å². The van der Waals surface area contributed by atoms with Gasteiger partial charge in [0.1, 0.15) is 29.7 Å². The smallest absolute Gasteiger partial charge is 0.163 e. The lowest BCUT2D eigenvalue weighted by Crippen LogP contribution is -2.00. The van der Waals surface area contributed by atoms with Gasteiger partial charge in [0, 0.05) is 11.3 Å². The first kappa shape index (κ1) is 15.6. The van der Waals surface area contributed by atoms with Crippen molar-refractivity contribution in [1.29, 1.82) is 15.8 Å². The van der Waals surface area contributed by atoms with Crippen molar-refractivity contribution >= 4 is 5.69 Å². The monoisotopic (exact) mass is 300 g/mol. The van der Waals surface area contributed by atoms with Crippen molar-refractivity contribution in [2.75, 3.05) is 12.4 Å². The molecule has 2 aromatic rings. The van der Waals surface area contributed by atoms with E-state index in [0.717, 1.165) is 16.9 Å². The summed E-state index contributed by atoms with van der Waals surface area (Å²) in [4.78, 5) is 0. The molecule has 0 aliphatic heterocycles. The molecule has 0 unspecified atom stereocenters. The van der Waals surface area contributed by atoms with Crippen molar-refractivity contribution in [1.82, 2.24) is 0 Å². The Kier molecular flexibility index (Phi) is 4.97.